The molecular formula is C14H6BCl2F6O4. The summed E-state index contributed by atoms with van der Waals surface area (Å²) >= 11 is 11.5. The molecule has 0 bridgehead atoms. The van der Waals surface area contributed by atoms with Gasteiger partial charge in [0, 0.05) is 12.1 Å². The number of hydrogen-bond acceptors (Lipinski definition) is 4. The number of ether oxygens (including phenoxy) is 2. The summed E-state index contributed by atoms with van der Waals surface area (Å²) < 4.78 is 90.1. The molecule has 145 valence electrons. The van der Waals surface area contributed by atoms with E-state index in [9.17, 15) is 26.3 Å². The molecule has 2 rings (SSSR count). The predicted octanol–water partition coefficient (Wildman–Crippen LogP) is 5.78. The maximum absolute atomic E-state index is 12.1. The molecule has 0 aliphatic rings. The van der Waals surface area contributed by atoms with Gasteiger partial charge in [0.05, 0.1) is 10.0 Å². The van der Waals surface area contributed by atoms with E-state index in [1.807, 2.05) is 0 Å². The Morgan fingerprint density at radius 3 is 1.33 bits per heavy atom. The third-order valence-electron chi connectivity index (χ3n) is 2.62. The zero-order chi connectivity index (χ0) is 20.2. The van der Waals surface area contributed by atoms with Crippen LogP contribution in [0, 0.1) is 0 Å². The Bertz CT molecular complexity index is 735. The quantitative estimate of drug-likeness (QED) is 0.427. The van der Waals surface area contributed by atoms with E-state index in [4.69, 9.17) is 32.5 Å². The van der Waals surface area contributed by atoms with E-state index >= 15 is 0 Å². The fourth-order valence-electron chi connectivity index (χ4n) is 1.68. The number of halogens is 8. The summed E-state index contributed by atoms with van der Waals surface area (Å²) in [6.07, 6.45) is -9.75. The number of hydrogen-bond donors (Lipinski definition) is 0. The van der Waals surface area contributed by atoms with E-state index < -0.39 is 24.2 Å². The van der Waals surface area contributed by atoms with E-state index in [-0.39, 0.29) is 21.5 Å². The van der Waals surface area contributed by atoms with Crippen molar-refractivity contribution in [2.45, 2.75) is 12.7 Å². The first-order valence-electron chi connectivity index (χ1n) is 6.68. The second kappa shape index (κ2) is 8.26. The lowest BCUT2D eigenvalue weighted by Crippen LogP contribution is -2.17. The maximum atomic E-state index is 12.1. The van der Waals surface area contributed by atoms with Crippen LogP contribution in [0.3, 0.4) is 0 Å². The van der Waals surface area contributed by atoms with Gasteiger partial charge in [-0.3, -0.25) is 0 Å². The summed E-state index contributed by atoms with van der Waals surface area (Å²) in [5, 5.41) is -0.423. The molecule has 1 radical (unpaired) electrons. The molecule has 27 heavy (non-hydrogen) atoms. The first-order chi connectivity index (χ1) is 12.4. The molecule has 0 saturated carbocycles. The second-order valence-electron chi connectivity index (χ2n) is 4.61. The molecule has 13 heteroatoms. The monoisotopic (exact) mass is 433 g/mol. The third-order valence-corrected chi connectivity index (χ3v) is 3.21. The molecule has 0 aliphatic carbocycles. The van der Waals surface area contributed by atoms with Gasteiger partial charge < -0.3 is 18.8 Å². The van der Waals surface area contributed by atoms with Crippen molar-refractivity contribution in [3.8, 4) is 23.0 Å². The molecule has 0 unspecified atom stereocenters. The smallest absolute Gasteiger partial charge is 0.525 e. The fourth-order valence-corrected chi connectivity index (χ4v) is 2.11. The lowest BCUT2D eigenvalue weighted by atomic mass is 10.2. The molecule has 2 aromatic carbocycles. The second-order valence-corrected chi connectivity index (χ2v) is 5.43. The molecule has 0 fully saturated rings. The van der Waals surface area contributed by atoms with Gasteiger partial charge in [0.1, 0.15) is 23.0 Å². The fraction of sp³-hybridized carbons (Fsp3) is 0.143. The van der Waals surface area contributed by atoms with E-state index in [0.717, 1.165) is 44.1 Å². The van der Waals surface area contributed by atoms with Crippen LogP contribution in [0.1, 0.15) is 0 Å². The summed E-state index contributed by atoms with van der Waals surface area (Å²) in [4.78, 5) is 0. The summed E-state index contributed by atoms with van der Waals surface area (Å²) in [6.45, 7) is 0. The Kier molecular flexibility index (Phi) is 6.48. The number of benzene rings is 2. The van der Waals surface area contributed by atoms with Crippen LogP contribution in [-0.4, -0.2) is 20.4 Å². The summed E-state index contributed by atoms with van der Waals surface area (Å²) in [7, 11) is 0.733. The molecule has 4 nitrogen and oxygen atoms in total. The minimum Gasteiger partial charge on any atom is -0.525 e. The topological polar surface area (TPSA) is 36.9 Å². The van der Waals surface area contributed by atoms with Gasteiger partial charge in [-0.05, 0) is 24.3 Å². The Hall–Kier alpha value is -2.14. The van der Waals surface area contributed by atoms with Gasteiger partial charge in [0.2, 0.25) is 0 Å². The number of rotatable bonds is 6. The lowest BCUT2D eigenvalue weighted by molar-refractivity contribution is -0.275. The van der Waals surface area contributed by atoms with Gasteiger partial charge in [0.15, 0.2) is 0 Å². The largest absolute Gasteiger partial charge is 0.658 e. The van der Waals surface area contributed by atoms with Crippen molar-refractivity contribution in [1.82, 2.24) is 0 Å². The molecule has 0 aromatic heterocycles. The third kappa shape index (κ3) is 7.18. The highest BCUT2D eigenvalue weighted by Gasteiger charge is 2.32. The molecule has 0 aliphatic heterocycles. The van der Waals surface area contributed by atoms with Gasteiger partial charge in [-0.15, -0.1) is 26.3 Å². The minimum absolute atomic E-state index is 0.0701. The van der Waals surface area contributed by atoms with Crippen LogP contribution in [0.15, 0.2) is 36.4 Å². The van der Waals surface area contributed by atoms with Crippen LogP contribution < -0.4 is 18.8 Å². The molecule has 0 atom stereocenters. The normalized spacial score (nSPS) is 11.7. The molecule has 0 heterocycles. The first-order valence-corrected chi connectivity index (χ1v) is 7.44. The Morgan fingerprint density at radius 1 is 0.667 bits per heavy atom. The number of alkyl halides is 6. The average Bonchev–Trinajstić information content (AvgIpc) is 2.48. The Balaban J connectivity index is 1.94. The molecule has 0 amide bonds. The summed E-state index contributed by atoms with van der Waals surface area (Å²) in [6, 6.07) is 5.83. The average molecular weight is 434 g/mol. The van der Waals surface area contributed by atoms with Gasteiger partial charge in [-0.2, -0.15) is 0 Å². The van der Waals surface area contributed by atoms with Crippen molar-refractivity contribution in [1.29, 1.82) is 0 Å². The Morgan fingerprint density at radius 2 is 1.04 bits per heavy atom. The van der Waals surface area contributed by atoms with Gasteiger partial charge in [-0.1, -0.05) is 23.2 Å². The molecule has 2 aromatic rings. The highest BCUT2D eigenvalue weighted by Crippen LogP contribution is 2.33. The molecule has 0 N–H and O–H groups in total. The van der Waals surface area contributed by atoms with Crippen LogP contribution in [-0.2, 0) is 0 Å². The van der Waals surface area contributed by atoms with Gasteiger partial charge in [-0.25, -0.2) is 0 Å². The van der Waals surface area contributed by atoms with Crippen LogP contribution in [0.25, 0.3) is 0 Å². The van der Waals surface area contributed by atoms with Crippen molar-refractivity contribution < 1.29 is 45.1 Å². The zero-order valence-corrected chi connectivity index (χ0v) is 14.2. The highest BCUT2D eigenvalue weighted by atomic mass is 35.5. The van der Waals surface area contributed by atoms with Crippen molar-refractivity contribution in [2.75, 3.05) is 0 Å². The first kappa shape index (κ1) is 21.2. The van der Waals surface area contributed by atoms with E-state index in [1.54, 1.807) is 0 Å². The molecule has 0 saturated heterocycles. The van der Waals surface area contributed by atoms with Crippen LogP contribution in [0.2, 0.25) is 10.0 Å². The summed E-state index contributed by atoms with van der Waals surface area (Å²) in [5.41, 5.74) is 0. The summed E-state index contributed by atoms with van der Waals surface area (Å²) in [5.74, 6) is -1.24. The molecule has 0 spiro atoms. The van der Waals surface area contributed by atoms with Gasteiger partial charge >= 0.3 is 20.4 Å². The van der Waals surface area contributed by atoms with Crippen LogP contribution >= 0.6 is 23.2 Å². The van der Waals surface area contributed by atoms with Crippen LogP contribution in [0.4, 0.5) is 26.3 Å². The van der Waals surface area contributed by atoms with E-state index in [1.165, 1.54) is 0 Å². The van der Waals surface area contributed by atoms with Crippen molar-refractivity contribution >= 4 is 30.9 Å². The van der Waals surface area contributed by atoms with Gasteiger partial charge in [0.25, 0.3) is 0 Å². The van der Waals surface area contributed by atoms with E-state index in [0.29, 0.717) is 0 Å². The highest BCUT2D eigenvalue weighted by molar-refractivity contribution is 6.34. The van der Waals surface area contributed by atoms with Crippen molar-refractivity contribution in [3.63, 3.8) is 0 Å². The SMILES string of the molecule is FC(F)(F)Oc1ccc(O[B]Oc2ccc(OC(F)(F)F)cc2Cl)c(Cl)c1. The maximum Gasteiger partial charge on any atom is 0.658 e. The minimum atomic E-state index is -4.88. The standard InChI is InChI=1S/C14H6BCl2F6O4/c16-9-5-7(24-13(18,19)20)1-3-11(9)26-15-27-12-4-2-8(6-10(12)17)25-14(21,22)23/h1-6H. The van der Waals surface area contributed by atoms with E-state index in [2.05, 4.69) is 9.47 Å². The van der Waals surface area contributed by atoms with Crippen molar-refractivity contribution in [2.24, 2.45) is 0 Å². The predicted molar refractivity (Wildman–Crippen MR) is 83.3 cm³/mol. The molecular weight excluding hydrogens is 428 g/mol. The van der Waals surface area contributed by atoms with Crippen molar-refractivity contribution in [3.05, 3.63) is 46.4 Å². The lowest BCUT2D eigenvalue weighted by Gasteiger charge is -2.13. The zero-order valence-electron chi connectivity index (χ0n) is 12.7. The van der Waals surface area contributed by atoms with Crippen LogP contribution in [0.5, 0.6) is 23.0 Å². The Labute approximate surface area is 158 Å².